The topological polar surface area (TPSA) is 64.0 Å². The Morgan fingerprint density at radius 1 is 1.37 bits per heavy atom. The number of amides is 1. The maximum absolute atomic E-state index is 13.3. The molecule has 0 saturated heterocycles. The highest BCUT2D eigenvalue weighted by Crippen LogP contribution is 2.34. The first-order valence-electron chi connectivity index (χ1n) is 9.75. The van der Waals surface area contributed by atoms with E-state index >= 15 is 0 Å². The maximum atomic E-state index is 13.3. The summed E-state index contributed by atoms with van der Waals surface area (Å²) < 4.78 is 15.0. The van der Waals surface area contributed by atoms with E-state index in [9.17, 15) is 14.0 Å². The van der Waals surface area contributed by atoms with Crippen molar-refractivity contribution in [3.8, 4) is 0 Å². The van der Waals surface area contributed by atoms with Crippen molar-refractivity contribution in [1.29, 1.82) is 0 Å². The zero-order chi connectivity index (χ0) is 21.4. The first-order valence-corrected chi connectivity index (χ1v) is 11.9. The molecule has 2 heterocycles. The number of carbonyl (C=O) groups excluding carboxylic acids is 1. The molecule has 1 aliphatic rings. The van der Waals surface area contributed by atoms with Gasteiger partial charge in [0.05, 0.1) is 21.8 Å². The van der Waals surface area contributed by atoms with Gasteiger partial charge in [0.1, 0.15) is 10.6 Å². The van der Waals surface area contributed by atoms with Gasteiger partial charge in [-0.3, -0.25) is 14.2 Å². The third-order valence-corrected chi connectivity index (χ3v) is 7.80. The third-order valence-electron chi connectivity index (χ3n) is 5.43. The number of nitrogens with one attached hydrogen (secondary N) is 1. The van der Waals surface area contributed by atoms with Crippen LogP contribution in [0.15, 0.2) is 28.2 Å². The van der Waals surface area contributed by atoms with Crippen LogP contribution in [-0.2, 0) is 4.79 Å². The fraction of sp³-hybridized carbons (Fsp3) is 0.381. The fourth-order valence-electron chi connectivity index (χ4n) is 3.78. The minimum atomic E-state index is -0.466. The molecule has 2 aromatic heterocycles. The number of thioether (sulfide) groups is 1. The van der Waals surface area contributed by atoms with Crippen LogP contribution in [0, 0.1) is 19.7 Å². The standard InChI is InChI=1S/C21H21ClFN3O2S2/c1-11-12(2)30-19-18(11)20(28)26(14-5-3-4-6-14)21(25-19)29-10-17(27)24-16-8-7-13(23)9-15(16)22/h7-9,14H,3-6,10H2,1-2H3,(H,24,27). The minimum absolute atomic E-state index is 0.0155. The number of anilines is 1. The Morgan fingerprint density at radius 3 is 2.80 bits per heavy atom. The van der Waals surface area contributed by atoms with Gasteiger partial charge in [-0.2, -0.15) is 0 Å². The second-order valence-electron chi connectivity index (χ2n) is 7.43. The van der Waals surface area contributed by atoms with Crippen molar-refractivity contribution in [2.24, 2.45) is 0 Å². The van der Waals surface area contributed by atoms with E-state index in [0.717, 1.165) is 42.2 Å². The Hall–Kier alpha value is -1.90. The highest BCUT2D eigenvalue weighted by molar-refractivity contribution is 7.99. The van der Waals surface area contributed by atoms with Crippen molar-refractivity contribution in [3.63, 3.8) is 0 Å². The van der Waals surface area contributed by atoms with Crippen molar-refractivity contribution >= 4 is 56.5 Å². The summed E-state index contributed by atoms with van der Waals surface area (Å²) in [6.45, 7) is 3.96. The summed E-state index contributed by atoms with van der Waals surface area (Å²) in [4.78, 5) is 32.4. The average Bonchev–Trinajstić information content (AvgIpc) is 3.31. The predicted octanol–water partition coefficient (Wildman–Crippen LogP) is 5.71. The summed E-state index contributed by atoms with van der Waals surface area (Å²) >= 11 is 8.74. The lowest BCUT2D eigenvalue weighted by atomic mass is 10.2. The molecule has 1 fully saturated rings. The lowest BCUT2D eigenvalue weighted by molar-refractivity contribution is -0.113. The number of fused-ring (bicyclic) bond motifs is 1. The number of aryl methyl sites for hydroxylation is 2. The van der Waals surface area contributed by atoms with Crippen LogP contribution in [0.1, 0.15) is 42.2 Å². The molecule has 0 radical (unpaired) electrons. The molecule has 1 aromatic carbocycles. The Bertz CT molecular complexity index is 1190. The molecule has 1 saturated carbocycles. The molecule has 5 nitrogen and oxygen atoms in total. The molecule has 0 unspecified atom stereocenters. The van der Waals surface area contributed by atoms with Crippen LogP contribution in [0.2, 0.25) is 5.02 Å². The Balaban J connectivity index is 1.62. The highest BCUT2D eigenvalue weighted by Gasteiger charge is 2.25. The summed E-state index contributed by atoms with van der Waals surface area (Å²) in [5.74, 6) is -0.687. The molecule has 9 heteroatoms. The zero-order valence-electron chi connectivity index (χ0n) is 16.6. The van der Waals surface area contributed by atoms with Crippen molar-refractivity contribution in [1.82, 2.24) is 9.55 Å². The van der Waals surface area contributed by atoms with Crippen LogP contribution < -0.4 is 10.9 Å². The number of aromatic nitrogens is 2. The van der Waals surface area contributed by atoms with Gasteiger partial charge >= 0.3 is 0 Å². The normalized spacial score (nSPS) is 14.5. The predicted molar refractivity (Wildman–Crippen MR) is 122 cm³/mol. The summed E-state index contributed by atoms with van der Waals surface area (Å²) in [5.41, 5.74) is 1.32. The number of hydrogen-bond donors (Lipinski definition) is 1. The van der Waals surface area contributed by atoms with E-state index in [4.69, 9.17) is 16.6 Å². The van der Waals surface area contributed by atoms with E-state index in [-0.39, 0.29) is 28.3 Å². The van der Waals surface area contributed by atoms with Crippen LogP contribution in [-0.4, -0.2) is 21.2 Å². The van der Waals surface area contributed by atoms with Crippen LogP contribution in [0.3, 0.4) is 0 Å². The molecule has 1 N–H and O–H groups in total. The SMILES string of the molecule is Cc1sc2nc(SCC(=O)Nc3ccc(F)cc3Cl)n(C3CCCC3)c(=O)c2c1C. The molecule has 0 atom stereocenters. The summed E-state index contributed by atoms with van der Waals surface area (Å²) in [7, 11) is 0. The molecule has 1 aliphatic carbocycles. The van der Waals surface area contributed by atoms with E-state index < -0.39 is 5.82 Å². The van der Waals surface area contributed by atoms with Gasteiger partial charge in [0.25, 0.3) is 5.56 Å². The highest BCUT2D eigenvalue weighted by atomic mass is 35.5. The first kappa shape index (κ1) is 21.3. The molecular formula is C21H21ClFN3O2S2. The van der Waals surface area contributed by atoms with Crippen LogP contribution in [0.4, 0.5) is 10.1 Å². The van der Waals surface area contributed by atoms with Gasteiger partial charge in [-0.05, 0) is 50.5 Å². The number of hydrogen-bond acceptors (Lipinski definition) is 5. The molecule has 30 heavy (non-hydrogen) atoms. The van der Waals surface area contributed by atoms with Crippen LogP contribution in [0.25, 0.3) is 10.2 Å². The largest absolute Gasteiger partial charge is 0.324 e. The summed E-state index contributed by atoms with van der Waals surface area (Å²) in [5, 5.41) is 4.09. The molecule has 1 amide bonds. The van der Waals surface area contributed by atoms with E-state index in [2.05, 4.69) is 5.32 Å². The van der Waals surface area contributed by atoms with Crippen LogP contribution in [0.5, 0.6) is 0 Å². The molecule has 0 aliphatic heterocycles. The lowest BCUT2D eigenvalue weighted by Crippen LogP contribution is -2.27. The van der Waals surface area contributed by atoms with Crippen molar-refractivity contribution < 1.29 is 9.18 Å². The van der Waals surface area contributed by atoms with Gasteiger partial charge in [-0.1, -0.05) is 36.2 Å². The van der Waals surface area contributed by atoms with Crippen molar-refractivity contribution in [3.05, 3.63) is 49.8 Å². The molecule has 4 rings (SSSR count). The lowest BCUT2D eigenvalue weighted by Gasteiger charge is -2.18. The Morgan fingerprint density at radius 2 is 2.10 bits per heavy atom. The first-order chi connectivity index (χ1) is 14.3. The Kier molecular flexibility index (Phi) is 6.18. The second kappa shape index (κ2) is 8.69. The Labute approximate surface area is 186 Å². The maximum Gasteiger partial charge on any atom is 0.263 e. The quantitative estimate of drug-likeness (QED) is 0.387. The third kappa shape index (κ3) is 4.13. The average molecular weight is 466 g/mol. The monoisotopic (exact) mass is 465 g/mol. The molecule has 158 valence electrons. The number of carbonyl (C=O) groups is 1. The van der Waals surface area contributed by atoms with E-state index in [1.54, 1.807) is 4.57 Å². The molecule has 0 bridgehead atoms. The zero-order valence-corrected chi connectivity index (χ0v) is 19.0. The smallest absolute Gasteiger partial charge is 0.263 e. The van der Waals surface area contributed by atoms with Gasteiger partial charge in [0.2, 0.25) is 5.91 Å². The van der Waals surface area contributed by atoms with Gasteiger partial charge in [-0.15, -0.1) is 11.3 Å². The molecular weight excluding hydrogens is 445 g/mol. The molecule has 3 aromatic rings. The fourth-order valence-corrected chi connectivity index (χ4v) is 5.93. The van der Waals surface area contributed by atoms with E-state index in [1.165, 1.54) is 35.2 Å². The number of nitrogens with zero attached hydrogens (tertiary/aromatic N) is 2. The van der Waals surface area contributed by atoms with Crippen molar-refractivity contribution in [2.75, 3.05) is 11.1 Å². The van der Waals surface area contributed by atoms with Gasteiger partial charge in [0.15, 0.2) is 5.16 Å². The number of rotatable bonds is 5. The van der Waals surface area contributed by atoms with Gasteiger partial charge in [-0.25, -0.2) is 9.37 Å². The van der Waals surface area contributed by atoms with Crippen molar-refractivity contribution in [2.45, 2.75) is 50.7 Å². The number of benzene rings is 1. The molecule has 0 spiro atoms. The van der Waals surface area contributed by atoms with Gasteiger partial charge < -0.3 is 5.32 Å². The number of halogens is 2. The summed E-state index contributed by atoms with van der Waals surface area (Å²) in [6, 6.07) is 3.93. The van der Waals surface area contributed by atoms with E-state index in [0.29, 0.717) is 21.1 Å². The van der Waals surface area contributed by atoms with Crippen LogP contribution >= 0.6 is 34.7 Å². The van der Waals surface area contributed by atoms with Gasteiger partial charge in [0, 0.05) is 10.9 Å². The second-order valence-corrected chi connectivity index (χ2v) is 9.99. The summed E-state index contributed by atoms with van der Waals surface area (Å²) in [6.07, 6.45) is 4.06. The van der Waals surface area contributed by atoms with E-state index in [1.807, 2.05) is 13.8 Å². The number of thiophene rings is 1. The minimum Gasteiger partial charge on any atom is -0.324 e.